The fourth-order valence-electron chi connectivity index (χ4n) is 5.22. The number of hydrogen-bond donors (Lipinski definition) is 6. The second-order valence-electron chi connectivity index (χ2n) is 9.22. The zero-order chi connectivity index (χ0) is 25.8. The van der Waals surface area contributed by atoms with Crippen LogP contribution in [0, 0.1) is 11.8 Å². The smallest absolute Gasteiger partial charge is 0.338 e. The summed E-state index contributed by atoms with van der Waals surface area (Å²) in [6.07, 6.45) is -7.35. The fourth-order valence-corrected chi connectivity index (χ4v) is 5.22. The first-order valence-corrected chi connectivity index (χ1v) is 11.4. The Morgan fingerprint density at radius 1 is 1.08 bits per heavy atom. The molecule has 0 spiro atoms. The number of epoxide rings is 1. The summed E-state index contributed by atoms with van der Waals surface area (Å²) in [4.78, 5) is 12.7. The quantitative estimate of drug-likeness (QED) is 0.173. The minimum atomic E-state index is -1.66. The first-order chi connectivity index (χ1) is 17.2. The van der Waals surface area contributed by atoms with E-state index in [1.54, 1.807) is 6.08 Å². The number of aliphatic hydroxyl groups is 5. The van der Waals surface area contributed by atoms with Crippen LogP contribution in [0.2, 0.25) is 0 Å². The second kappa shape index (κ2) is 9.43. The average Bonchev–Trinajstić information content (AvgIpc) is 3.57. The van der Waals surface area contributed by atoms with Gasteiger partial charge in [-0.05, 0) is 24.3 Å². The lowest BCUT2D eigenvalue weighted by Crippen LogP contribution is -2.60. The molecule has 1 saturated carbocycles. The van der Waals surface area contributed by atoms with Crippen LogP contribution in [0.5, 0.6) is 11.5 Å². The zero-order valence-electron chi connectivity index (χ0n) is 19.1. The van der Waals surface area contributed by atoms with Crippen molar-refractivity contribution in [2.24, 2.45) is 11.8 Å². The molecule has 3 aliphatic heterocycles. The number of fused-ring (bicyclic) bond motifs is 3. The van der Waals surface area contributed by atoms with E-state index in [1.807, 2.05) is 0 Å². The minimum absolute atomic E-state index is 0.0957. The van der Waals surface area contributed by atoms with Gasteiger partial charge in [-0.2, -0.15) is 0 Å². The van der Waals surface area contributed by atoms with E-state index in [4.69, 9.17) is 28.4 Å². The van der Waals surface area contributed by atoms with E-state index in [0.717, 1.165) is 0 Å². The number of esters is 1. The molecule has 4 aliphatic rings. The number of aromatic hydroxyl groups is 1. The van der Waals surface area contributed by atoms with Gasteiger partial charge in [0, 0.05) is 5.92 Å². The predicted octanol–water partition coefficient (Wildman–Crippen LogP) is -2.01. The number of hydrogen-bond acceptors (Lipinski definition) is 13. The Hall–Kier alpha value is -2.49. The summed E-state index contributed by atoms with van der Waals surface area (Å²) in [6, 6.07) is 3.99. The molecule has 13 heteroatoms. The molecule has 1 aliphatic carbocycles. The van der Waals surface area contributed by atoms with Crippen molar-refractivity contribution in [2.45, 2.75) is 54.8 Å². The summed E-state index contributed by atoms with van der Waals surface area (Å²) in [6.45, 7) is -0.891. The first kappa shape index (κ1) is 25.2. The third kappa shape index (κ3) is 4.01. The van der Waals surface area contributed by atoms with Crippen LogP contribution < -0.4 is 4.74 Å². The van der Waals surface area contributed by atoms with Crippen molar-refractivity contribution in [3.8, 4) is 11.5 Å². The lowest BCUT2D eigenvalue weighted by molar-refractivity contribution is -0.344. The molecule has 6 unspecified atom stereocenters. The van der Waals surface area contributed by atoms with E-state index >= 15 is 0 Å². The number of rotatable bonds is 7. The van der Waals surface area contributed by atoms with Gasteiger partial charge in [0.15, 0.2) is 17.8 Å². The van der Waals surface area contributed by atoms with Crippen LogP contribution in [0.4, 0.5) is 0 Å². The highest BCUT2D eigenvalue weighted by Crippen LogP contribution is 2.60. The third-order valence-electron chi connectivity index (χ3n) is 7.22. The molecule has 5 rings (SSSR count). The van der Waals surface area contributed by atoms with E-state index in [-0.39, 0.29) is 23.7 Å². The van der Waals surface area contributed by atoms with Gasteiger partial charge in [0.25, 0.3) is 0 Å². The Labute approximate surface area is 205 Å². The van der Waals surface area contributed by atoms with Crippen LogP contribution >= 0.6 is 0 Å². The molecule has 0 aromatic heterocycles. The van der Waals surface area contributed by atoms with Crippen molar-refractivity contribution in [1.82, 2.24) is 0 Å². The van der Waals surface area contributed by atoms with Gasteiger partial charge in [-0.15, -0.1) is 0 Å². The molecule has 1 aromatic rings. The van der Waals surface area contributed by atoms with Crippen molar-refractivity contribution in [2.75, 3.05) is 20.3 Å². The predicted molar refractivity (Wildman–Crippen MR) is 114 cm³/mol. The zero-order valence-corrected chi connectivity index (χ0v) is 19.1. The Kier molecular flexibility index (Phi) is 6.59. The summed E-state index contributed by atoms with van der Waals surface area (Å²) < 4.78 is 33.1. The molecule has 0 amide bonds. The topological polar surface area (TPSA) is 197 Å². The minimum Gasteiger partial charge on any atom is -0.504 e. The van der Waals surface area contributed by atoms with Crippen molar-refractivity contribution < 1.29 is 63.9 Å². The molecular weight excluding hydrogens is 484 g/mol. The Balaban J connectivity index is 1.32. The summed E-state index contributed by atoms with van der Waals surface area (Å²) in [7, 11) is 1.35. The van der Waals surface area contributed by atoms with Gasteiger partial charge in [0.2, 0.25) is 6.29 Å². The molecule has 3 fully saturated rings. The maximum atomic E-state index is 12.7. The number of benzene rings is 1. The molecule has 1 aromatic carbocycles. The SMILES string of the molecule is COc1cc(C(=O)OCC23OC2C(O)C2C=COC(O[C@@H]4O[C@H](CO)[C@@H](O)[C@H](O)[C@H]4O)C23)ccc1O. The van der Waals surface area contributed by atoms with Gasteiger partial charge >= 0.3 is 5.97 Å². The number of carbonyl (C=O) groups is 1. The normalized spacial score (nSPS) is 42.7. The number of carbonyl (C=O) groups excluding carboxylic acids is 1. The lowest BCUT2D eigenvalue weighted by atomic mass is 9.85. The van der Waals surface area contributed by atoms with Gasteiger partial charge in [-0.25, -0.2) is 4.79 Å². The number of aliphatic hydroxyl groups excluding tert-OH is 5. The fraction of sp³-hybridized carbons (Fsp3) is 0.609. The molecule has 3 heterocycles. The largest absolute Gasteiger partial charge is 0.504 e. The van der Waals surface area contributed by atoms with Crippen LogP contribution in [0.1, 0.15) is 10.4 Å². The van der Waals surface area contributed by atoms with Gasteiger partial charge < -0.3 is 59.1 Å². The molecule has 2 saturated heterocycles. The van der Waals surface area contributed by atoms with Gasteiger partial charge in [0.05, 0.1) is 37.6 Å². The van der Waals surface area contributed by atoms with Crippen molar-refractivity contribution in [3.63, 3.8) is 0 Å². The molecule has 11 atom stereocenters. The van der Waals surface area contributed by atoms with Crippen LogP contribution in [0.25, 0.3) is 0 Å². The highest BCUT2D eigenvalue weighted by Gasteiger charge is 2.76. The Morgan fingerprint density at radius 3 is 2.58 bits per heavy atom. The maximum absolute atomic E-state index is 12.7. The molecule has 198 valence electrons. The molecular formula is C23H28O13. The molecule has 6 N–H and O–H groups in total. The first-order valence-electron chi connectivity index (χ1n) is 11.4. The highest BCUT2D eigenvalue weighted by atomic mass is 16.8. The van der Waals surface area contributed by atoms with Crippen molar-refractivity contribution >= 4 is 5.97 Å². The lowest BCUT2D eigenvalue weighted by Gasteiger charge is -2.43. The van der Waals surface area contributed by atoms with Crippen LogP contribution in [0.3, 0.4) is 0 Å². The number of methoxy groups -OCH3 is 1. The van der Waals surface area contributed by atoms with E-state index in [1.165, 1.54) is 31.6 Å². The molecule has 0 bridgehead atoms. The Morgan fingerprint density at radius 2 is 1.86 bits per heavy atom. The van der Waals surface area contributed by atoms with Gasteiger partial charge in [-0.3, -0.25) is 0 Å². The summed E-state index contributed by atoms with van der Waals surface area (Å²) in [5, 5.41) is 60.4. The molecule has 0 radical (unpaired) electrons. The molecule has 36 heavy (non-hydrogen) atoms. The van der Waals surface area contributed by atoms with E-state index in [0.29, 0.717) is 0 Å². The Bertz CT molecular complexity index is 1010. The summed E-state index contributed by atoms with van der Waals surface area (Å²) in [5.41, 5.74) is -1.04. The number of phenolic OH excluding ortho intramolecular Hbond substituents is 1. The monoisotopic (exact) mass is 512 g/mol. The van der Waals surface area contributed by atoms with Gasteiger partial charge in [-0.1, -0.05) is 0 Å². The van der Waals surface area contributed by atoms with Crippen LogP contribution in [-0.2, 0) is 23.7 Å². The average molecular weight is 512 g/mol. The number of phenols is 1. The van der Waals surface area contributed by atoms with E-state index in [2.05, 4.69) is 0 Å². The highest BCUT2D eigenvalue weighted by molar-refractivity contribution is 5.90. The van der Waals surface area contributed by atoms with E-state index in [9.17, 15) is 35.4 Å². The van der Waals surface area contributed by atoms with Crippen LogP contribution in [0.15, 0.2) is 30.5 Å². The summed E-state index contributed by atoms with van der Waals surface area (Å²) >= 11 is 0. The maximum Gasteiger partial charge on any atom is 0.338 e. The molecule has 13 nitrogen and oxygen atoms in total. The third-order valence-corrected chi connectivity index (χ3v) is 7.22. The van der Waals surface area contributed by atoms with Gasteiger partial charge in [0.1, 0.15) is 42.7 Å². The van der Waals surface area contributed by atoms with Crippen molar-refractivity contribution in [1.29, 1.82) is 0 Å². The van der Waals surface area contributed by atoms with Crippen LogP contribution in [-0.4, -0.2) is 112 Å². The van der Waals surface area contributed by atoms with E-state index < -0.39 is 79.2 Å². The standard InChI is InChI=1S/C23H28O13/c1-31-12-6-9(2-3-11(12)25)20(30)33-8-23-14-10(15(26)19(23)36-23)4-5-32-21(14)35-22-18(29)17(28)16(27)13(7-24)34-22/h2-6,10,13-19,21-22,24-29H,7-8H2,1H3/t10?,13-,14?,15?,16-,17+,18-,19?,21?,22+,23?/m1/s1. The van der Waals surface area contributed by atoms with Crippen molar-refractivity contribution in [3.05, 3.63) is 36.1 Å². The summed E-state index contributed by atoms with van der Waals surface area (Å²) in [5.74, 6) is -1.96. The number of ether oxygens (including phenoxy) is 6. The second-order valence-corrected chi connectivity index (χ2v) is 9.22.